The van der Waals surface area contributed by atoms with Crippen molar-refractivity contribution in [2.75, 3.05) is 39.8 Å². The lowest BCUT2D eigenvalue weighted by Crippen LogP contribution is -2.46. The maximum Gasteiger partial charge on any atom is 0.246 e. The van der Waals surface area contributed by atoms with Crippen LogP contribution in [0.2, 0.25) is 0 Å². The quantitative estimate of drug-likeness (QED) is 0.548. The summed E-state index contributed by atoms with van der Waals surface area (Å²) in [4.78, 5) is 17.0. The molecule has 5 nitrogen and oxygen atoms in total. The molecule has 0 saturated carbocycles. The number of furan rings is 1. The summed E-state index contributed by atoms with van der Waals surface area (Å²) in [6.07, 6.45) is 3.53. The molecule has 0 spiro atoms. The molecule has 1 aliphatic heterocycles. The number of fused-ring (bicyclic) bond motifs is 1. The van der Waals surface area contributed by atoms with Gasteiger partial charge in [-0.25, -0.2) is 0 Å². The molecule has 162 valence electrons. The highest BCUT2D eigenvalue weighted by Crippen LogP contribution is 2.37. The number of aryl methyl sites for hydroxylation is 1. The van der Waals surface area contributed by atoms with Crippen molar-refractivity contribution in [2.45, 2.75) is 20.8 Å². The molecule has 3 aromatic rings. The molecule has 0 radical (unpaired) electrons. The van der Waals surface area contributed by atoms with Crippen molar-refractivity contribution in [1.29, 1.82) is 0 Å². The van der Waals surface area contributed by atoms with Gasteiger partial charge in [-0.15, -0.1) is 0 Å². The zero-order valence-corrected chi connectivity index (χ0v) is 18.8. The van der Waals surface area contributed by atoms with Crippen LogP contribution in [-0.2, 0) is 4.79 Å². The van der Waals surface area contributed by atoms with Crippen LogP contribution in [0.3, 0.4) is 0 Å². The SMILES string of the molecule is CCOc1cc2occ(-c3ccc(C)cc3)c2cc1/C(C)=C/C(=O)N1CCN(C)CC1. The van der Waals surface area contributed by atoms with Crippen LogP contribution in [0.25, 0.3) is 27.7 Å². The molecular formula is C26H30N2O3. The molecule has 0 aliphatic carbocycles. The molecule has 0 N–H and O–H groups in total. The first kappa shape index (κ1) is 21.2. The molecule has 5 heteroatoms. The number of benzene rings is 2. The van der Waals surface area contributed by atoms with Crippen LogP contribution in [0, 0.1) is 6.92 Å². The van der Waals surface area contributed by atoms with Crippen LogP contribution in [0.1, 0.15) is 25.0 Å². The Bertz CT molecular complexity index is 1100. The molecule has 1 aliphatic rings. The van der Waals surface area contributed by atoms with E-state index >= 15 is 0 Å². The number of piperazine rings is 1. The first-order valence-corrected chi connectivity index (χ1v) is 10.9. The maximum atomic E-state index is 12.9. The number of hydrogen-bond donors (Lipinski definition) is 0. The fourth-order valence-electron chi connectivity index (χ4n) is 3.98. The molecule has 0 unspecified atom stereocenters. The number of ether oxygens (including phenoxy) is 1. The van der Waals surface area contributed by atoms with Gasteiger partial charge in [-0.1, -0.05) is 29.8 Å². The molecule has 1 amide bonds. The van der Waals surface area contributed by atoms with E-state index in [4.69, 9.17) is 9.15 Å². The summed E-state index contributed by atoms with van der Waals surface area (Å²) in [5.41, 5.74) is 5.96. The summed E-state index contributed by atoms with van der Waals surface area (Å²) >= 11 is 0. The number of nitrogens with zero attached hydrogens (tertiary/aromatic N) is 2. The summed E-state index contributed by atoms with van der Waals surface area (Å²) in [5.74, 6) is 0.791. The van der Waals surface area contributed by atoms with Gasteiger partial charge in [-0.2, -0.15) is 0 Å². The number of amides is 1. The van der Waals surface area contributed by atoms with E-state index < -0.39 is 0 Å². The summed E-state index contributed by atoms with van der Waals surface area (Å²) < 4.78 is 11.8. The van der Waals surface area contributed by atoms with Gasteiger partial charge in [0.25, 0.3) is 0 Å². The molecule has 2 heterocycles. The van der Waals surface area contributed by atoms with Gasteiger partial charge in [0.1, 0.15) is 11.3 Å². The third kappa shape index (κ3) is 4.52. The number of carbonyl (C=O) groups is 1. The number of hydrogen-bond acceptors (Lipinski definition) is 4. The third-order valence-corrected chi connectivity index (χ3v) is 5.92. The first-order chi connectivity index (χ1) is 15.0. The lowest BCUT2D eigenvalue weighted by Gasteiger charge is -2.31. The minimum atomic E-state index is 0.0547. The monoisotopic (exact) mass is 418 g/mol. The Hall–Kier alpha value is -3.05. The standard InChI is InChI=1S/C26H30N2O3/c1-5-30-24-16-25-22(23(17-31-25)20-8-6-18(2)7-9-20)15-21(24)19(3)14-26(29)28-12-10-27(4)11-13-28/h6-9,14-17H,5,10-13H2,1-4H3/b19-14+. The van der Waals surface area contributed by atoms with Crippen molar-refractivity contribution in [3.05, 3.63) is 59.9 Å². The number of carbonyl (C=O) groups excluding carboxylic acids is 1. The average Bonchev–Trinajstić information content (AvgIpc) is 3.17. The maximum absolute atomic E-state index is 12.9. The summed E-state index contributed by atoms with van der Waals surface area (Å²) in [6, 6.07) is 12.4. The lowest BCUT2D eigenvalue weighted by atomic mass is 9.98. The van der Waals surface area contributed by atoms with E-state index in [9.17, 15) is 4.79 Å². The molecule has 0 bridgehead atoms. The average molecular weight is 419 g/mol. The predicted octanol–water partition coefficient (Wildman–Crippen LogP) is 4.98. The fourth-order valence-corrected chi connectivity index (χ4v) is 3.98. The lowest BCUT2D eigenvalue weighted by molar-refractivity contribution is -0.127. The van der Waals surface area contributed by atoms with Crippen molar-refractivity contribution in [3.63, 3.8) is 0 Å². The zero-order valence-electron chi connectivity index (χ0n) is 18.8. The topological polar surface area (TPSA) is 45.9 Å². The molecular weight excluding hydrogens is 388 g/mol. The minimum absolute atomic E-state index is 0.0547. The first-order valence-electron chi connectivity index (χ1n) is 10.9. The Morgan fingerprint density at radius 3 is 2.52 bits per heavy atom. The Morgan fingerprint density at radius 1 is 1.13 bits per heavy atom. The van der Waals surface area contributed by atoms with Crippen LogP contribution in [0.5, 0.6) is 5.75 Å². The third-order valence-electron chi connectivity index (χ3n) is 5.92. The van der Waals surface area contributed by atoms with Crippen LogP contribution in [0.15, 0.2) is 53.2 Å². The van der Waals surface area contributed by atoms with Gasteiger partial charge in [0.05, 0.1) is 12.9 Å². The van der Waals surface area contributed by atoms with E-state index in [-0.39, 0.29) is 5.91 Å². The molecule has 31 heavy (non-hydrogen) atoms. The normalized spacial score (nSPS) is 15.5. The van der Waals surface area contributed by atoms with E-state index in [1.165, 1.54) is 5.56 Å². The van der Waals surface area contributed by atoms with Crippen LogP contribution in [0.4, 0.5) is 0 Å². The number of likely N-dealkylation sites (N-methyl/N-ethyl adjacent to an activating group) is 1. The smallest absolute Gasteiger partial charge is 0.246 e. The predicted molar refractivity (Wildman–Crippen MR) is 125 cm³/mol. The molecule has 0 atom stereocenters. The van der Waals surface area contributed by atoms with E-state index in [0.717, 1.165) is 65.2 Å². The highest BCUT2D eigenvalue weighted by Gasteiger charge is 2.19. The molecule has 1 fully saturated rings. The van der Waals surface area contributed by atoms with Crippen molar-refractivity contribution in [1.82, 2.24) is 9.80 Å². The van der Waals surface area contributed by atoms with E-state index in [1.807, 2.05) is 24.8 Å². The zero-order chi connectivity index (χ0) is 22.0. The van der Waals surface area contributed by atoms with Gasteiger partial charge in [-0.3, -0.25) is 4.79 Å². The van der Waals surface area contributed by atoms with Crippen LogP contribution >= 0.6 is 0 Å². The van der Waals surface area contributed by atoms with Gasteiger partial charge in [0.15, 0.2) is 0 Å². The van der Waals surface area contributed by atoms with Gasteiger partial charge >= 0.3 is 0 Å². The van der Waals surface area contributed by atoms with Crippen molar-refractivity contribution < 1.29 is 13.9 Å². The summed E-state index contributed by atoms with van der Waals surface area (Å²) in [6.45, 7) is 9.89. The van der Waals surface area contributed by atoms with Gasteiger partial charge in [0.2, 0.25) is 5.91 Å². The van der Waals surface area contributed by atoms with Crippen molar-refractivity contribution in [3.8, 4) is 16.9 Å². The summed E-state index contributed by atoms with van der Waals surface area (Å²) in [5, 5.41) is 1.02. The van der Waals surface area contributed by atoms with Crippen molar-refractivity contribution >= 4 is 22.4 Å². The summed E-state index contributed by atoms with van der Waals surface area (Å²) in [7, 11) is 2.09. The van der Waals surface area contributed by atoms with Crippen LogP contribution < -0.4 is 4.74 Å². The second kappa shape index (κ2) is 8.98. The second-order valence-corrected chi connectivity index (χ2v) is 8.25. The Balaban J connectivity index is 1.72. The van der Waals surface area contributed by atoms with E-state index in [1.54, 1.807) is 12.3 Å². The van der Waals surface area contributed by atoms with Crippen LogP contribution in [-0.4, -0.2) is 55.5 Å². The molecule has 2 aromatic carbocycles. The Kier molecular flexibility index (Phi) is 6.14. The highest BCUT2D eigenvalue weighted by atomic mass is 16.5. The molecule has 4 rings (SSSR count). The van der Waals surface area contributed by atoms with Gasteiger partial charge in [-0.05, 0) is 45.0 Å². The van der Waals surface area contributed by atoms with E-state index in [2.05, 4.69) is 49.2 Å². The highest BCUT2D eigenvalue weighted by molar-refractivity contribution is 6.00. The molecule has 1 aromatic heterocycles. The largest absolute Gasteiger partial charge is 0.493 e. The van der Waals surface area contributed by atoms with Crippen molar-refractivity contribution in [2.24, 2.45) is 0 Å². The van der Waals surface area contributed by atoms with E-state index in [0.29, 0.717) is 6.61 Å². The second-order valence-electron chi connectivity index (χ2n) is 8.25. The van der Waals surface area contributed by atoms with Gasteiger partial charge in [0, 0.05) is 54.8 Å². The fraction of sp³-hybridized carbons (Fsp3) is 0.346. The van der Waals surface area contributed by atoms with Gasteiger partial charge < -0.3 is 19.0 Å². The Morgan fingerprint density at radius 2 is 1.84 bits per heavy atom. The Labute approximate surface area is 183 Å². The minimum Gasteiger partial charge on any atom is -0.493 e. The number of rotatable bonds is 5. The number of allylic oxidation sites excluding steroid dienone is 1. The molecule has 1 saturated heterocycles.